The number of hydrogen-bond donors (Lipinski definition) is 0. The summed E-state index contributed by atoms with van der Waals surface area (Å²) in [5.74, 6) is -0.819. The molecular weight excluding hydrogens is 656 g/mol. The molecule has 0 unspecified atom stereocenters. The number of carbonyl (C=O) groups is 1. The molecule has 0 saturated carbocycles. The van der Waals surface area contributed by atoms with Crippen LogP contribution in [0.3, 0.4) is 0 Å². The average Bonchev–Trinajstić information content (AvgIpc) is 3.61. The van der Waals surface area contributed by atoms with Crippen molar-refractivity contribution in [3.05, 3.63) is 89.7 Å². The fourth-order valence-electron chi connectivity index (χ4n) is 5.00. The van der Waals surface area contributed by atoms with Gasteiger partial charge in [-0.15, -0.1) is 0 Å². The molecule has 0 aliphatic heterocycles. The summed E-state index contributed by atoms with van der Waals surface area (Å²) in [6.45, 7) is 4.07. The number of pyridine rings is 1. The van der Waals surface area contributed by atoms with E-state index in [2.05, 4.69) is 29.4 Å². The third kappa shape index (κ3) is 6.87. The molecule has 242 valence electrons. The van der Waals surface area contributed by atoms with Crippen LogP contribution >= 0.6 is 11.6 Å². The van der Waals surface area contributed by atoms with Gasteiger partial charge in [-0.1, -0.05) is 49.4 Å². The molecule has 3 heterocycles. The van der Waals surface area contributed by atoms with E-state index < -0.39 is 30.7 Å². The van der Waals surface area contributed by atoms with Gasteiger partial charge in [0.05, 0.1) is 34.0 Å². The number of hydrogen-bond acceptors (Lipinski definition) is 7. The van der Waals surface area contributed by atoms with E-state index >= 15 is 0 Å². The van der Waals surface area contributed by atoms with E-state index in [9.17, 15) is 22.0 Å². The van der Waals surface area contributed by atoms with Crippen LogP contribution in [-0.4, -0.2) is 56.3 Å². The summed E-state index contributed by atoms with van der Waals surface area (Å²) < 4.78 is 71.6. The largest absolute Gasteiger partial charge is 0.465 e. The molecule has 5 rings (SSSR count). The first kappa shape index (κ1) is 33.3. The minimum atomic E-state index is -3.97. The first-order chi connectivity index (χ1) is 21.8. The lowest BCUT2D eigenvalue weighted by Gasteiger charge is -2.19. The summed E-state index contributed by atoms with van der Waals surface area (Å²) in [7, 11) is -4.18. The quantitative estimate of drug-likeness (QED) is 0.0751. The standard InChI is InChI=1S/C32H32ClF2N3O6SSi/c1-42-31(39)26-19-28(23-12-14-36-30-24(23)13-15-38(30)45(40,41)22-8-6-5-7-9-22)37(20-43-16-17-46(2,3)4)29(26)25-11-10-21(18-27(25)33)44-32(34)35/h5-15,18-19,32H,16-17,20H2,1-4H3. The van der Waals surface area contributed by atoms with Gasteiger partial charge < -0.3 is 18.8 Å². The molecule has 3 aromatic heterocycles. The Kier molecular flexibility index (Phi) is 9.68. The molecule has 2 aromatic carbocycles. The average molecular weight is 688 g/mol. The molecule has 46 heavy (non-hydrogen) atoms. The van der Waals surface area contributed by atoms with Gasteiger partial charge in [0.25, 0.3) is 10.0 Å². The van der Waals surface area contributed by atoms with Crippen LogP contribution in [-0.2, 0) is 26.2 Å². The van der Waals surface area contributed by atoms with Crippen molar-refractivity contribution in [1.29, 1.82) is 0 Å². The van der Waals surface area contributed by atoms with E-state index in [-0.39, 0.29) is 33.6 Å². The second kappa shape index (κ2) is 13.4. The highest BCUT2D eigenvalue weighted by Gasteiger charge is 2.28. The van der Waals surface area contributed by atoms with E-state index in [4.69, 9.17) is 21.1 Å². The fourth-order valence-corrected chi connectivity index (χ4v) is 7.34. The lowest BCUT2D eigenvalue weighted by Crippen LogP contribution is -2.22. The van der Waals surface area contributed by atoms with Crippen LogP contribution in [0, 0.1) is 0 Å². The Labute approximate surface area is 271 Å². The molecule has 0 aliphatic carbocycles. The maximum absolute atomic E-state index is 13.6. The lowest BCUT2D eigenvalue weighted by molar-refractivity contribution is -0.0498. The zero-order valence-corrected chi connectivity index (χ0v) is 28.1. The maximum atomic E-state index is 13.6. The van der Waals surface area contributed by atoms with E-state index in [0.29, 0.717) is 34.5 Å². The van der Waals surface area contributed by atoms with Crippen molar-refractivity contribution in [1.82, 2.24) is 13.5 Å². The third-order valence-electron chi connectivity index (χ3n) is 7.27. The molecule has 5 aromatic rings. The van der Waals surface area contributed by atoms with Gasteiger partial charge in [-0.25, -0.2) is 22.2 Å². The maximum Gasteiger partial charge on any atom is 0.387 e. The van der Waals surface area contributed by atoms with Crippen LogP contribution in [0.25, 0.3) is 33.5 Å². The molecule has 0 atom stereocenters. The van der Waals surface area contributed by atoms with Crippen molar-refractivity contribution in [2.45, 2.75) is 43.9 Å². The number of alkyl halides is 2. The summed E-state index contributed by atoms with van der Waals surface area (Å²) in [5.41, 5.74) is 2.04. The molecule has 0 fully saturated rings. The monoisotopic (exact) mass is 687 g/mol. The van der Waals surface area contributed by atoms with Crippen LogP contribution in [0.15, 0.2) is 84.0 Å². The van der Waals surface area contributed by atoms with Gasteiger partial charge in [-0.05, 0) is 54.6 Å². The van der Waals surface area contributed by atoms with E-state index in [1.807, 2.05) is 0 Å². The zero-order valence-electron chi connectivity index (χ0n) is 25.5. The van der Waals surface area contributed by atoms with Crippen LogP contribution in [0.5, 0.6) is 5.75 Å². The van der Waals surface area contributed by atoms with Crippen LogP contribution in [0.4, 0.5) is 8.78 Å². The number of esters is 1. The summed E-state index contributed by atoms with van der Waals surface area (Å²) in [6, 6.07) is 17.9. The smallest absolute Gasteiger partial charge is 0.387 e. The second-order valence-corrected chi connectivity index (χ2v) is 19.4. The fraction of sp³-hybridized carbons (Fsp3) is 0.250. The number of carbonyl (C=O) groups excluding carboxylic acids is 1. The first-order valence-corrected chi connectivity index (χ1v) is 19.8. The van der Waals surface area contributed by atoms with Gasteiger partial charge in [0.15, 0.2) is 5.65 Å². The molecule has 0 bridgehead atoms. The summed E-state index contributed by atoms with van der Waals surface area (Å²) in [6.07, 6.45) is 2.92. The van der Waals surface area contributed by atoms with E-state index in [0.717, 1.165) is 10.0 Å². The normalized spacial score (nSPS) is 12.2. The summed E-state index contributed by atoms with van der Waals surface area (Å²) in [5, 5.41) is 0.550. The summed E-state index contributed by atoms with van der Waals surface area (Å²) >= 11 is 6.62. The highest BCUT2D eigenvalue weighted by Crippen LogP contribution is 2.40. The Morgan fingerprint density at radius 1 is 1.02 bits per heavy atom. The van der Waals surface area contributed by atoms with Crippen molar-refractivity contribution in [2.75, 3.05) is 13.7 Å². The highest BCUT2D eigenvalue weighted by molar-refractivity contribution is 7.90. The number of methoxy groups -OCH3 is 1. The molecule has 0 N–H and O–H groups in total. The van der Waals surface area contributed by atoms with Gasteiger partial charge >= 0.3 is 12.6 Å². The minimum Gasteiger partial charge on any atom is -0.465 e. The van der Waals surface area contributed by atoms with Gasteiger partial charge in [-0.2, -0.15) is 8.78 Å². The first-order valence-electron chi connectivity index (χ1n) is 14.2. The van der Waals surface area contributed by atoms with Crippen molar-refractivity contribution in [3.8, 4) is 28.3 Å². The van der Waals surface area contributed by atoms with Gasteiger partial charge in [0, 0.05) is 43.6 Å². The molecule has 0 radical (unpaired) electrons. The Morgan fingerprint density at radius 2 is 1.76 bits per heavy atom. The van der Waals surface area contributed by atoms with Crippen LogP contribution in [0.2, 0.25) is 30.7 Å². The predicted octanol–water partition coefficient (Wildman–Crippen LogP) is 7.76. The SMILES string of the molecule is COC(=O)c1cc(-c2ccnc3c2ccn3S(=O)(=O)c2ccccc2)n(COCC[Si](C)(C)C)c1-c1ccc(OC(F)F)cc1Cl. The van der Waals surface area contributed by atoms with Crippen molar-refractivity contribution in [3.63, 3.8) is 0 Å². The van der Waals surface area contributed by atoms with Gasteiger partial charge in [-0.3, -0.25) is 0 Å². The number of benzene rings is 2. The Balaban J connectivity index is 1.72. The molecule has 9 nitrogen and oxygen atoms in total. The van der Waals surface area contributed by atoms with Crippen LogP contribution in [0.1, 0.15) is 10.4 Å². The molecule has 0 spiro atoms. The van der Waals surface area contributed by atoms with Gasteiger partial charge in [0.1, 0.15) is 12.5 Å². The number of aromatic nitrogens is 3. The zero-order chi connectivity index (χ0) is 33.2. The molecule has 0 amide bonds. The molecule has 14 heteroatoms. The van der Waals surface area contributed by atoms with E-state index in [1.165, 1.54) is 49.8 Å². The highest BCUT2D eigenvalue weighted by atomic mass is 35.5. The van der Waals surface area contributed by atoms with Crippen molar-refractivity contribution < 1.29 is 36.2 Å². The summed E-state index contributed by atoms with van der Waals surface area (Å²) in [4.78, 5) is 17.7. The van der Waals surface area contributed by atoms with Crippen LogP contribution < -0.4 is 4.74 Å². The Bertz CT molecular complexity index is 1990. The minimum absolute atomic E-state index is 0.00933. The number of nitrogens with zero attached hydrogens (tertiary/aromatic N) is 3. The Hall–Kier alpha value is -4.04. The topological polar surface area (TPSA) is 102 Å². The lowest BCUT2D eigenvalue weighted by atomic mass is 10.1. The predicted molar refractivity (Wildman–Crippen MR) is 175 cm³/mol. The second-order valence-electron chi connectivity index (χ2n) is 11.6. The van der Waals surface area contributed by atoms with Gasteiger partial charge in [0.2, 0.25) is 0 Å². The molecule has 0 aliphatic rings. The Morgan fingerprint density at radius 3 is 2.41 bits per heavy atom. The molecule has 0 saturated heterocycles. The number of fused-ring (bicyclic) bond motifs is 1. The number of ether oxygens (including phenoxy) is 3. The number of rotatable bonds is 12. The van der Waals surface area contributed by atoms with E-state index in [1.54, 1.807) is 41.0 Å². The molecular formula is C32H32ClF2N3O6SSi. The number of halogens is 3. The van der Waals surface area contributed by atoms with Crippen molar-refractivity contribution in [2.24, 2.45) is 0 Å². The van der Waals surface area contributed by atoms with Crippen molar-refractivity contribution >= 4 is 46.7 Å². The third-order valence-corrected chi connectivity index (χ3v) is 11.0.